The number of hydrogen-bond acceptors (Lipinski definition) is 2. The highest BCUT2D eigenvalue weighted by atomic mass is 19.1. The number of halogens is 2. The number of anilines is 1. The number of fused-ring (bicyclic) bond motifs is 2. The third kappa shape index (κ3) is 2.13. The summed E-state index contributed by atoms with van der Waals surface area (Å²) in [7, 11) is 0. The summed E-state index contributed by atoms with van der Waals surface area (Å²) < 4.78 is 26.0. The predicted octanol–water partition coefficient (Wildman–Crippen LogP) is 3.21. The van der Waals surface area contributed by atoms with E-state index in [4.69, 9.17) is 0 Å². The van der Waals surface area contributed by atoms with Gasteiger partial charge in [0.05, 0.1) is 6.20 Å². The van der Waals surface area contributed by atoms with Crippen molar-refractivity contribution in [2.45, 2.75) is 25.7 Å². The van der Waals surface area contributed by atoms with Crippen molar-refractivity contribution < 1.29 is 8.78 Å². The first-order chi connectivity index (χ1) is 8.22. The Kier molecular flexibility index (Phi) is 2.73. The van der Waals surface area contributed by atoms with Crippen LogP contribution in [0.5, 0.6) is 0 Å². The van der Waals surface area contributed by atoms with Gasteiger partial charge in [0.25, 0.3) is 0 Å². The summed E-state index contributed by atoms with van der Waals surface area (Å²) in [4.78, 5) is 3.74. The van der Waals surface area contributed by atoms with Gasteiger partial charge >= 0.3 is 0 Å². The number of rotatable bonds is 3. The molecule has 0 aromatic carbocycles. The fourth-order valence-corrected chi connectivity index (χ4v) is 3.40. The molecule has 0 saturated heterocycles. The highest BCUT2D eigenvalue weighted by Gasteiger charge is 2.39. The normalized spacial score (nSPS) is 30.8. The van der Waals surface area contributed by atoms with Gasteiger partial charge in [-0.15, -0.1) is 0 Å². The maximum atomic E-state index is 13.3. The zero-order chi connectivity index (χ0) is 11.8. The molecule has 3 unspecified atom stereocenters. The van der Waals surface area contributed by atoms with E-state index in [0.717, 1.165) is 30.6 Å². The van der Waals surface area contributed by atoms with Crippen LogP contribution in [0.4, 0.5) is 14.6 Å². The molecule has 3 rings (SSSR count). The van der Waals surface area contributed by atoms with E-state index in [1.165, 1.54) is 25.7 Å². The molecule has 1 aromatic rings. The van der Waals surface area contributed by atoms with Crippen molar-refractivity contribution in [2.24, 2.45) is 17.8 Å². The van der Waals surface area contributed by atoms with Gasteiger partial charge in [-0.1, -0.05) is 6.42 Å². The Morgan fingerprint density at radius 1 is 1.29 bits per heavy atom. The summed E-state index contributed by atoms with van der Waals surface area (Å²) in [5.74, 6) is 1.27. The molecule has 4 heteroatoms. The van der Waals surface area contributed by atoms with E-state index in [1.807, 2.05) is 0 Å². The maximum absolute atomic E-state index is 13.3. The molecule has 2 aliphatic rings. The Labute approximate surface area is 99.4 Å². The van der Waals surface area contributed by atoms with Crippen molar-refractivity contribution in [1.82, 2.24) is 4.98 Å². The maximum Gasteiger partial charge on any atom is 0.168 e. The number of pyridine rings is 1. The zero-order valence-electron chi connectivity index (χ0n) is 9.63. The SMILES string of the molecule is Fc1cnc(NCC2CC3CCC2C3)c(F)c1. The summed E-state index contributed by atoms with van der Waals surface area (Å²) in [5.41, 5.74) is 0. The van der Waals surface area contributed by atoms with Crippen molar-refractivity contribution in [2.75, 3.05) is 11.9 Å². The second kappa shape index (κ2) is 4.24. The van der Waals surface area contributed by atoms with Gasteiger partial charge in [-0.05, 0) is 37.0 Å². The Morgan fingerprint density at radius 3 is 2.82 bits per heavy atom. The van der Waals surface area contributed by atoms with E-state index >= 15 is 0 Å². The summed E-state index contributed by atoms with van der Waals surface area (Å²) in [5, 5.41) is 3.01. The van der Waals surface area contributed by atoms with E-state index in [2.05, 4.69) is 10.3 Å². The molecule has 0 radical (unpaired) electrons. The number of nitrogens with one attached hydrogen (secondary N) is 1. The lowest BCUT2D eigenvalue weighted by molar-refractivity contribution is 0.348. The molecule has 1 N–H and O–H groups in total. The molecule has 1 aromatic heterocycles. The first-order valence-corrected chi connectivity index (χ1v) is 6.27. The molecule has 2 saturated carbocycles. The smallest absolute Gasteiger partial charge is 0.168 e. The lowest BCUT2D eigenvalue weighted by Crippen LogP contribution is -2.21. The lowest BCUT2D eigenvalue weighted by atomic mass is 9.89. The molecule has 17 heavy (non-hydrogen) atoms. The second-order valence-electron chi connectivity index (χ2n) is 5.30. The lowest BCUT2D eigenvalue weighted by Gasteiger charge is -2.22. The topological polar surface area (TPSA) is 24.9 Å². The molecule has 2 aliphatic carbocycles. The van der Waals surface area contributed by atoms with Crippen LogP contribution in [-0.4, -0.2) is 11.5 Å². The van der Waals surface area contributed by atoms with Crippen LogP contribution in [0.1, 0.15) is 25.7 Å². The van der Waals surface area contributed by atoms with Crippen LogP contribution in [-0.2, 0) is 0 Å². The minimum atomic E-state index is -0.632. The molecule has 3 atom stereocenters. The van der Waals surface area contributed by atoms with E-state index < -0.39 is 11.6 Å². The van der Waals surface area contributed by atoms with Gasteiger partial charge in [-0.25, -0.2) is 13.8 Å². The van der Waals surface area contributed by atoms with E-state index in [0.29, 0.717) is 5.92 Å². The van der Waals surface area contributed by atoms with E-state index in [-0.39, 0.29) is 5.82 Å². The number of hydrogen-bond donors (Lipinski definition) is 1. The standard InChI is InChI=1S/C13H16F2N2/c14-11-5-12(15)13(17-7-11)16-6-10-4-8-1-2-9(10)3-8/h5,7-10H,1-4,6H2,(H,16,17). The molecule has 2 nitrogen and oxygen atoms in total. The van der Waals surface area contributed by atoms with Crippen LogP contribution in [0, 0.1) is 29.4 Å². The average Bonchev–Trinajstić information content (AvgIpc) is 2.89. The Morgan fingerprint density at radius 2 is 2.18 bits per heavy atom. The highest BCUT2D eigenvalue weighted by Crippen LogP contribution is 2.48. The Bertz CT molecular complexity index is 422. The largest absolute Gasteiger partial charge is 0.367 e. The van der Waals surface area contributed by atoms with E-state index in [1.54, 1.807) is 0 Å². The van der Waals surface area contributed by atoms with Crippen LogP contribution in [0.15, 0.2) is 12.3 Å². The fourth-order valence-electron chi connectivity index (χ4n) is 3.40. The molecular weight excluding hydrogens is 222 g/mol. The minimum absolute atomic E-state index is 0.175. The molecule has 92 valence electrons. The average molecular weight is 238 g/mol. The first-order valence-electron chi connectivity index (χ1n) is 6.27. The molecule has 1 heterocycles. The fraction of sp³-hybridized carbons (Fsp3) is 0.615. The van der Waals surface area contributed by atoms with Crippen molar-refractivity contribution in [3.63, 3.8) is 0 Å². The summed E-state index contributed by atoms with van der Waals surface area (Å²) in [6, 6.07) is 0.871. The van der Waals surface area contributed by atoms with Crippen molar-refractivity contribution in [3.05, 3.63) is 23.9 Å². The molecule has 0 amide bonds. The highest BCUT2D eigenvalue weighted by molar-refractivity contribution is 5.35. The summed E-state index contributed by atoms with van der Waals surface area (Å²) >= 11 is 0. The van der Waals surface area contributed by atoms with E-state index in [9.17, 15) is 8.78 Å². The van der Waals surface area contributed by atoms with Crippen LogP contribution in [0.2, 0.25) is 0 Å². The van der Waals surface area contributed by atoms with Gasteiger partial charge in [-0.2, -0.15) is 0 Å². The Hall–Kier alpha value is -1.19. The third-order valence-electron chi connectivity index (χ3n) is 4.22. The predicted molar refractivity (Wildman–Crippen MR) is 61.6 cm³/mol. The van der Waals surface area contributed by atoms with Crippen molar-refractivity contribution >= 4 is 5.82 Å². The van der Waals surface area contributed by atoms with Crippen LogP contribution in [0.3, 0.4) is 0 Å². The number of nitrogens with zero attached hydrogens (tertiary/aromatic N) is 1. The van der Waals surface area contributed by atoms with Gasteiger partial charge < -0.3 is 5.32 Å². The van der Waals surface area contributed by atoms with Gasteiger partial charge in [0.15, 0.2) is 11.6 Å². The molecule has 0 spiro atoms. The quantitative estimate of drug-likeness (QED) is 0.874. The van der Waals surface area contributed by atoms with Gasteiger partial charge in [0.1, 0.15) is 5.82 Å². The molecular formula is C13H16F2N2. The van der Waals surface area contributed by atoms with Crippen molar-refractivity contribution in [1.29, 1.82) is 0 Å². The molecule has 2 fully saturated rings. The zero-order valence-corrected chi connectivity index (χ0v) is 9.63. The van der Waals surface area contributed by atoms with Crippen LogP contribution >= 0.6 is 0 Å². The Balaban J connectivity index is 1.60. The van der Waals surface area contributed by atoms with Crippen molar-refractivity contribution in [3.8, 4) is 0 Å². The van der Waals surface area contributed by atoms with Gasteiger partial charge in [-0.3, -0.25) is 0 Å². The molecule has 2 bridgehead atoms. The summed E-state index contributed by atoms with van der Waals surface area (Å²) in [6.45, 7) is 0.761. The third-order valence-corrected chi connectivity index (χ3v) is 4.22. The van der Waals surface area contributed by atoms with Gasteiger partial charge in [0, 0.05) is 12.6 Å². The summed E-state index contributed by atoms with van der Waals surface area (Å²) in [6.07, 6.45) is 6.32. The minimum Gasteiger partial charge on any atom is -0.367 e. The first kappa shape index (κ1) is 10.9. The monoisotopic (exact) mass is 238 g/mol. The second-order valence-corrected chi connectivity index (χ2v) is 5.30. The van der Waals surface area contributed by atoms with Crippen LogP contribution in [0.25, 0.3) is 0 Å². The van der Waals surface area contributed by atoms with Gasteiger partial charge in [0.2, 0.25) is 0 Å². The molecule has 0 aliphatic heterocycles. The van der Waals surface area contributed by atoms with Crippen LogP contribution < -0.4 is 5.32 Å². The number of aromatic nitrogens is 1.